The summed E-state index contributed by atoms with van der Waals surface area (Å²) in [6, 6.07) is 5.95. The van der Waals surface area contributed by atoms with E-state index in [1.165, 1.54) is 23.5 Å². The Bertz CT molecular complexity index is 875. The Morgan fingerprint density at radius 2 is 1.85 bits per heavy atom. The molecule has 0 aliphatic heterocycles. The number of nitrogens with zero attached hydrogens (tertiary/aromatic N) is 2. The van der Waals surface area contributed by atoms with E-state index in [2.05, 4.69) is 10.3 Å². The number of rotatable bonds is 5. The molecule has 8 nitrogen and oxygen atoms in total. The van der Waals surface area contributed by atoms with Crippen molar-refractivity contribution < 1.29 is 19.6 Å². The Balaban J connectivity index is 1.71. The average molecular weight is 373 g/mol. The zero-order chi connectivity index (χ0) is 18.7. The van der Waals surface area contributed by atoms with Crippen LogP contribution in [0.2, 0.25) is 0 Å². The third-order valence-corrected chi connectivity index (χ3v) is 4.95. The van der Waals surface area contributed by atoms with E-state index >= 15 is 0 Å². The van der Waals surface area contributed by atoms with Gasteiger partial charge in [0, 0.05) is 23.1 Å². The summed E-state index contributed by atoms with van der Waals surface area (Å²) in [6.07, 6.45) is 4.30. The van der Waals surface area contributed by atoms with Crippen LogP contribution in [0.15, 0.2) is 41.8 Å². The molecule has 0 radical (unpaired) electrons. The Morgan fingerprint density at radius 3 is 2.46 bits per heavy atom. The van der Waals surface area contributed by atoms with Gasteiger partial charge in [-0.3, -0.25) is 19.7 Å². The number of hydrogen-bond donors (Lipinski definition) is 2. The Labute approximate surface area is 152 Å². The summed E-state index contributed by atoms with van der Waals surface area (Å²) in [5.41, 5.74) is 1.26. The molecular formula is C17H15N3O5S. The smallest absolute Gasteiger partial charge is 0.307 e. The molecule has 1 aliphatic carbocycles. The third-order valence-electron chi connectivity index (χ3n) is 4.19. The highest BCUT2D eigenvalue weighted by atomic mass is 32.1. The zero-order valence-electron chi connectivity index (χ0n) is 13.5. The standard InChI is InChI=1S/C17H15N3O5S/c21-15(12-3-1-2-4-13(12)16(22)23)19-17-18-14(9-26-17)10-5-7-11(8-6-10)20(24)25/h1-2,5-9,12-13H,3-4H2,(H,22,23)(H,18,19,21). The van der Waals surface area contributed by atoms with Crippen molar-refractivity contribution in [1.29, 1.82) is 0 Å². The van der Waals surface area contributed by atoms with Gasteiger partial charge in [-0.1, -0.05) is 12.2 Å². The van der Waals surface area contributed by atoms with Crippen molar-refractivity contribution >= 4 is 34.0 Å². The van der Waals surface area contributed by atoms with E-state index in [1.54, 1.807) is 23.6 Å². The molecule has 2 N–H and O–H groups in total. The second-order valence-electron chi connectivity index (χ2n) is 5.83. The summed E-state index contributed by atoms with van der Waals surface area (Å²) in [6.45, 7) is 0. The van der Waals surface area contributed by atoms with Gasteiger partial charge >= 0.3 is 5.97 Å². The van der Waals surface area contributed by atoms with Gasteiger partial charge in [-0.25, -0.2) is 4.98 Å². The van der Waals surface area contributed by atoms with Gasteiger partial charge in [0.15, 0.2) is 5.13 Å². The van der Waals surface area contributed by atoms with Gasteiger partial charge in [0.25, 0.3) is 5.69 Å². The van der Waals surface area contributed by atoms with Gasteiger partial charge in [0.2, 0.25) is 5.91 Å². The molecule has 3 rings (SSSR count). The summed E-state index contributed by atoms with van der Waals surface area (Å²) in [5.74, 6) is -2.73. The van der Waals surface area contributed by atoms with Crippen molar-refractivity contribution in [1.82, 2.24) is 4.98 Å². The summed E-state index contributed by atoms with van der Waals surface area (Å²) in [5, 5.41) is 24.7. The van der Waals surface area contributed by atoms with Gasteiger partial charge in [-0.05, 0) is 25.0 Å². The number of allylic oxidation sites excluding steroid dienone is 2. The number of non-ortho nitro benzene ring substituents is 1. The SMILES string of the molecule is O=C(O)C1CC=CCC1C(=O)Nc1nc(-c2ccc([N+](=O)[O-])cc2)cs1. The molecule has 134 valence electrons. The predicted molar refractivity (Wildman–Crippen MR) is 95.8 cm³/mol. The van der Waals surface area contributed by atoms with Crippen LogP contribution in [0.1, 0.15) is 12.8 Å². The van der Waals surface area contributed by atoms with Crippen LogP contribution in [0.25, 0.3) is 11.3 Å². The molecule has 0 bridgehead atoms. The van der Waals surface area contributed by atoms with Gasteiger partial charge in [0.1, 0.15) is 0 Å². The van der Waals surface area contributed by atoms with Crippen LogP contribution in [-0.2, 0) is 9.59 Å². The van der Waals surface area contributed by atoms with E-state index < -0.39 is 22.7 Å². The highest BCUT2D eigenvalue weighted by molar-refractivity contribution is 7.14. The third kappa shape index (κ3) is 3.77. The van der Waals surface area contributed by atoms with Crippen LogP contribution in [0.4, 0.5) is 10.8 Å². The van der Waals surface area contributed by atoms with Crippen molar-refractivity contribution in [3.8, 4) is 11.3 Å². The maximum Gasteiger partial charge on any atom is 0.307 e. The lowest BCUT2D eigenvalue weighted by atomic mass is 9.82. The van der Waals surface area contributed by atoms with Crippen LogP contribution < -0.4 is 5.32 Å². The summed E-state index contributed by atoms with van der Waals surface area (Å²) >= 11 is 1.21. The van der Waals surface area contributed by atoms with Crippen LogP contribution in [0, 0.1) is 22.0 Å². The Hall–Kier alpha value is -3.07. The molecule has 26 heavy (non-hydrogen) atoms. The summed E-state index contributed by atoms with van der Waals surface area (Å²) in [7, 11) is 0. The van der Waals surface area contributed by atoms with Gasteiger partial charge < -0.3 is 10.4 Å². The molecule has 1 heterocycles. The Morgan fingerprint density at radius 1 is 1.19 bits per heavy atom. The molecule has 1 amide bonds. The largest absolute Gasteiger partial charge is 0.481 e. The number of carboxylic acid groups (broad SMARTS) is 1. The quantitative estimate of drug-likeness (QED) is 0.471. The van der Waals surface area contributed by atoms with E-state index in [1.807, 2.05) is 6.08 Å². The molecule has 2 atom stereocenters. The molecule has 0 fully saturated rings. The molecule has 9 heteroatoms. The molecule has 1 aromatic carbocycles. The lowest BCUT2D eigenvalue weighted by molar-refractivity contribution is -0.384. The van der Waals surface area contributed by atoms with E-state index in [9.17, 15) is 24.8 Å². The topological polar surface area (TPSA) is 122 Å². The normalized spacial score (nSPS) is 19.1. The highest BCUT2D eigenvalue weighted by Crippen LogP contribution is 2.30. The maximum absolute atomic E-state index is 12.4. The second-order valence-corrected chi connectivity index (χ2v) is 6.68. The fourth-order valence-electron chi connectivity index (χ4n) is 2.79. The van der Waals surface area contributed by atoms with Crippen LogP contribution in [0.3, 0.4) is 0 Å². The molecule has 2 unspecified atom stereocenters. The average Bonchev–Trinajstić information content (AvgIpc) is 3.10. The van der Waals surface area contributed by atoms with E-state index in [0.29, 0.717) is 29.2 Å². The van der Waals surface area contributed by atoms with Crippen molar-refractivity contribution in [2.45, 2.75) is 12.8 Å². The first kappa shape index (κ1) is 17.7. The molecule has 0 saturated heterocycles. The number of carboxylic acids is 1. The monoisotopic (exact) mass is 373 g/mol. The van der Waals surface area contributed by atoms with E-state index in [4.69, 9.17) is 0 Å². The van der Waals surface area contributed by atoms with Crippen molar-refractivity contribution in [3.63, 3.8) is 0 Å². The number of aliphatic carboxylic acids is 1. The molecule has 0 spiro atoms. The lowest BCUT2D eigenvalue weighted by Crippen LogP contribution is -2.34. The zero-order valence-corrected chi connectivity index (χ0v) is 14.3. The number of carbonyl (C=O) groups is 2. The minimum atomic E-state index is -0.986. The molecule has 0 saturated carbocycles. The molecule has 1 aromatic heterocycles. The van der Waals surface area contributed by atoms with Crippen molar-refractivity contribution in [2.75, 3.05) is 5.32 Å². The van der Waals surface area contributed by atoms with Crippen LogP contribution in [-0.4, -0.2) is 26.9 Å². The Kier molecular flexibility index (Phi) is 5.08. The van der Waals surface area contributed by atoms with Crippen molar-refractivity contribution in [2.24, 2.45) is 11.8 Å². The number of hydrogen-bond acceptors (Lipinski definition) is 6. The first-order valence-corrected chi connectivity index (χ1v) is 8.72. The number of thiazole rings is 1. The van der Waals surface area contributed by atoms with Crippen LogP contribution >= 0.6 is 11.3 Å². The summed E-state index contributed by atoms with van der Waals surface area (Å²) in [4.78, 5) is 38.3. The highest BCUT2D eigenvalue weighted by Gasteiger charge is 2.34. The first-order valence-electron chi connectivity index (χ1n) is 7.84. The van der Waals surface area contributed by atoms with E-state index in [0.717, 1.165) is 0 Å². The van der Waals surface area contributed by atoms with Gasteiger partial charge in [0.05, 0.1) is 22.5 Å². The minimum absolute atomic E-state index is 0.0115. The number of aromatic nitrogens is 1. The summed E-state index contributed by atoms with van der Waals surface area (Å²) < 4.78 is 0. The number of anilines is 1. The lowest BCUT2D eigenvalue weighted by Gasteiger charge is -2.23. The van der Waals surface area contributed by atoms with E-state index in [-0.39, 0.29) is 11.6 Å². The number of nitro groups is 1. The van der Waals surface area contributed by atoms with Crippen LogP contribution in [0.5, 0.6) is 0 Å². The molecule has 2 aromatic rings. The second kappa shape index (κ2) is 7.44. The number of carbonyl (C=O) groups excluding carboxylic acids is 1. The fourth-order valence-corrected chi connectivity index (χ4v) is 3.52. The number of nitrogens with one attached hydrogen (secondary N) is 1. The number of nitro benzene ring substituents is 1. The van der Waals surface area contributed by atoms with Gasteiger partial charge in [-0.2, -0.15) is 0 Å². The predicted octanol–water partition coefficient (Wildman–Crippen LogP) is 3.32. The molecular weight excluding hydrogens is 358 g/mol. The first-order chi connectivity index (χ1) is 12.5. The maximum atomic E-state index is 12.4. The number of amides is 1. The number of benzene rings is 1. The fraction of sp³-hybridized carbons (Fsp3) is 0.235. The molecule has 1 aliphatic rings. The van der Waals surface area contributed by atoms with Crippen molar-refractivity contribution in [3.05, 3.63) is 51.9 Å². The van der Waals surface area contributed by atoms with Gasteiger partial charge in [-0.15, -0.1) is 11.3 Å². The minimum Gasteiger partial charge on any atom is -0.481 e.